The van der Waals surface area contributed by atoms with Crippen LogP contribution in [0.25, 0.3) is 0 Å². The maximum atomic E-state index is 13.4. The summed E-state index contributed by atoms with van der Waals surface area (Å²) in [6, 6.07) is 18.0. The van der Waals surface area contributed by atoms with Gasteiger partial charge in [0.2, 0.25) is 0 Å². The molecule has 2 aliphatic heterocycles. The van der Waals surface area contributed by atoms with Gasteiger partial charge in [-0.2, -0.15) is 5.26 Å². The van der Waals surface area contributed by atoms with Gasteiger partial charge in [0.15, 0.2) is 0 Å². The minimum atomic E-state index is 0.101. The third-order valence-corrected chi connectivity index (χ3v) is 6.31. The van der Waals surface area contributed by atoms with Crippen molar-refractivity contribution in [3.05, 3.63) is 93.1 Å². The molecule has 4 nitrogen and oxygen atoms in total. The second-order valence-electron chi connectivity index (χ2n) is 8.04. The molecule has 0 aromatic heterocycles. The molecule has 0 radical (unpaired) electrons. The molecule has 0 fully saturated rings. The van der Waals surface area contributed by atoms with Crippen molar-refractivity contribution in [1.29, 1.82) is 5.26 Å². The molecule has 0 aliphatic carbocycles. The van der Waals surface area contributed by atoms with Gasteiger partial charge < -0.3 is 4.90 Å². The van der Waals surface area contributed by atoms with Gasteiger partial charge in [-0.25, -0.2) is 0 Å². The van der Waals surface area contributed by atoms with Crippen LogP contribution in [0.2, 0.25) is 0 Å². The van der Waals surface area contributed by atoms with Crippen LogP contribution in [0.1, 0.15) is 30.0 Å². The molecular weight excluding hydrogens is 438 g/mol. The van der Waals surface area contributed by atoms with E-state index in [-0.39, 0.29) is 5.91 Å². The topological polar surface area (TPSA) is 47.3 Å². The minimum absolute atomic E-state index is 0.101. The number of hydrogen-bond donors (Lipinski definition) is 0. The van der Waals surface area contributed by atoms with E-state index in [1.165, 1.54) is 5.57 Å². The molecule has 4 rings (SSSR count). The first-order chi connectivity index (χ1) is 14.5. The molecule has 30 heavy (non-hydrogen) atoms. The maximum absolute atomic E-state index is 13.4. The summed E-state index contributed by atoms with van der Waals surface area (Å²) in [5.74, 6) is 0.453. The van der Waals surface area contributed by atoms with E-state index in [1.807, 2.05) is 59.6 Å². The zero-order valence-corrected chi connectivity index (χ0v) is 18.6. The molecule has 2 aromatic rings. The molecule has 2 heterocycles. The summed E-state index contributed by atoms with van der Waals surface area (Å²) in [4.78, 5) is 17.6. The smallest absolute Gasteiger partial charge is 0.255 e. The summed E-state index contributed by atoms with van der Waals surface area (Å²) in [5, 5.41) is 9.16. The van der Waals surface area contributed by atoms with Crippen LogP contribution >= 0.6 is 15.9 Å². The zero-order chi connectivity index (χ0) is 21.1. The van der Waals surface area contributed by atoms with Crippen molar-refractivity contribution in [2.75, 3.05) is 13.1 Å². The van der Waals surface area contributed by atoms with Gasteiger partial charge in [-0.15, -0.1) is 0 Å². The molecule has 0 saturated carbocycles. The fourth-order valence-corrected chi connectivity index (χ4v) is 4.44. The van der Waals surface area contributed by atoms with Crippen LogP contribution in [0.3, 0.4) is 0 Å². The number of carbonyl (C=O) groups excluding carboxylic acids is 1. The van der Waals surface area contributed by atoms with Crippen LogP contribution in [0, 0.1) is 17.2 Å². The number of nitriles is 1. The van der Waals surface area contributed by atoms with Gasteiger partial charge in [0.05, 0.1) is 18.2 Å². The van der Waals surface area contributed by atoms with Gasteiger partial charge in [-0.1, -0.05) is 53.2 Å². The number of amides is 1. The van der Waals surface area contributed by atoms with E-state index in [2.05, 4.69) is 39.9 Å². The molecule has 1 unspecified atom stereocenters. The van der Waals surface area contributed by atoms with Gasteiger partial charge in [0, 0.05) is 35.9 Å². The Morgan fingerprint density at radius 1 is 1.10 bits per heavy atom. The van der Waals surface area contributed by atoms with E-state index in [0.29, 0.717) is 24.6 Å². The Labute approximate surface area is 186 Å². The average Bonchev–Trinajstić information content (AvgIpc) is 3.17. The Morgan fingerprint density at radius 2 is 1.90 bits per heavy atom. The summed E-state index contributed by atoms with van der Waals surface area (Å²) in [6.07, 6.45) is 4.99. The number of allylic oxidation sites excluding steroid dienone is 1. The lowest BCUT2D eigenvalue weighted by Gasteiger charge is -2.23. The van der Waals surface area contributed by atoms with E-state index in [9.17, 15) is 4.79 Å². The lowest BCUT2D eigenvalue weighted by Crippen LogP contribution is -2.30. The summed E-state index contributed by atoms with van der Waals surface area (Å²) in [5.41, 5.74) is 5.07. The first-order valence-corrected chi connectivity index (χ1v) is 11.0. The second kappa shape index (κ2) is 8.99. The van der Waals surface area contributed by atoms with Gasteiger partial charge in [0.1, 0.15) is 0 Å². The van der Waals surface area contributed by atoms with Crippen molar-refractivity contribution in [2.45, 2.75) is 26.4 Å². The minimum Gasteiger partial charge on any atom is -0.311 e. The van der Waals surface area contributed by atoms with Crippen molar-refractivity contribution in [3.63, 3.8) is 0 Å². The normalized spacial score (nSPS) is 20.5. The SMILES string of the molecule is CC1C/C=C/N(Cc2ccc(Br)cc2)C(=O)C2=C1CN(Cc1cccc(C#N)c1)C2. The van der Waals surface area contributed by atoms with Crippen LogP contribution in [0.5, 0.6) is 0 Å². The highest BCUT2D eigenvalue weighted by atomic mass is 79.9. The summed E-state index contributed by atoms with van der Waals surface area (Å²) >= 11 is 3.47. The van der Waals surface area contributed by atoms with Crippen LogP contribution < -0.4 is 0 Å². The quantitative estimate of drug-likeness (QED) is 0.642. The van der Waals surface area contributed by atoms with Crippen molar-refractivity contribution in [3.8, 4) is 6.07 Å². The van der Waals surface area contributed by atoms with Crippen molar-refractivity contribution in [1.82, 2.24) is 9.80 Å². The molecule has 1 amide bonds. The van der Waals surface area contributed by atoms with Gasteiger partial charge in [-0.05, 0) is 53.3 Å². The molecule has 1 atom stereocenters. The van der Waals surface area contributed by atoms with E-state index >= 15 is 0 Å². The monoisotopic (exact) mass is 461 g/mol. The molecule has 5 heteroatoms. The number of carbonyl (C=O) groups is 1. The molecule has 0 saturated heterocycles. The van der Waals surface area contributed by atoms with Gasteiger partial charge >= 0.3 is 0 Å². The van der Waals surface area contributed by atoms with Crippen LogP contribution in [0.4, 0.5) is 0 Å². The lowest BCUT2D eigenvalue weighted by atomic mass is 9.93. The zero-order valence-electron chi connectivity index (χ0n) is 17.0. The second-order valence-corrected chi connectivity index (χ2v) is 8.96. The summed E-state index contributed by atoms with van der Waals surface area (Å²) < 4.78 is 1.03. The third-order valence-electron chi connectivity index (χ3n) is 5.78. The number of rotatable bonds is 4. The lowest BCUT2D eigenvalue weighted by molar-refractivity contribution is -0.125. The molecule has 0 N–H and O–H groups in total. The highest BCUT2D eigenvalue weighted by Gasteiger charge is 2.32. The maximum Gasteiger partial charge on any atom is 0.255 e. The predicted molar refractivity (Wildman–Crippen MR) is 121 cm³/mol. The number of benzene rings is 2. The van der Waals surface area contributed by atoms with Crippen molar-refractivity contribution >= 4 is 21.8 Å². The Kier molecular flexibility index (Phi) is 6.17. The van der Waals surface area contributed by atoms with Crippen molar-refractivity contribution < 1.29 is 4.79 Å². The first-order valence-electron chi connectivity index (χ1n) is 10.2. The Bertz CT molecular complexity index is 1050. The Hall–Kier alpha value is -2.68. The largest absolute Gasteiger partial charge is 0.311 e. The number of halogens is 1. The Morgan fingerprint density at radius 3 is 2.67 bits per heavy atom. The van der Waals surface area contributed by atoms with E-state index in [4.69, 9.17) is 5.26 Å². The molecule has 0 bridgehead atoms. The Balaban J connectivity index is 1.52. The van der Waals surface area contributed by atoms with E-state index < -0.39 is 0 Å². The summed E-state index contributed by atoms with van der Waals surface area (Å²) in [6.45, 7) is 4.97. The van der Waals surface area contributed by atoms with Gasteiger partial charge in [0.25, 0.3) is 5.91 Å². The van der Waals surface area contributed by atoms with Crippen LogP contribution in [-0.4, -0.2) is 28.8 Å². The molecule has 2 aliphatic rings. The standard InChI is InChI=1S/C25H24BrN3O/c1-18-4-3-11-29(15-19-7-9-22(26)10-8-19)25(30)24-17-28(16-23(18)24)14-21-6-2-5-20(12-21)13-27/h2-3,5-12,18H,4,14-17H2,1H3/b11-3+. The van der Waals surface area contributed by atoms with Crippen molar-refractivity contribution in [2.24, 2.45) is 5.92 Å². The average molecular weight is 462 g/mol. The highest BCUT2D eigenvalue weighted by molar-refractivity contribution is 9.10. The van der Waals surface area contributed by atoms with Gasteiger partial charge in [-0.3, -0.25) is 9.69 Å². The van der Waals surface area contributed by atoms with Crippen LogP contribution in [0.15, 0.2) is 76.4 Å². The molecule has 152 valence electrons. The molecule has 0 spiro atoms. The summed E-state index contributed by atoms with van der Waals surface area (Å²) in [7, 11) is 0. The fourth-order valence-electron chi connectivity index (χ4n) is 4.17. The fraction of sp³-hybridized carbons (Fsp3) is 0.280. The first kappa shape index (κ1) is 20.6. The number of hydrogen-bond acceptors (Lipinski definition) is 3. The molecule has 2 aromatic carbocycles. The predicted octanol–water partition coefficient (Wildman–Crippen LogP) is 5.02. The molecular formula is C25H24BrN3O. The van der Waals surface area contributed by atoms with Crippen LogP contribution in [-0.2, 0) is 17.9 Å². The van der Waals surface area contributed by atoms with E-state index in [0.717, 1.165) is 40.7 Å². The van der Waals surface area contributed by atoms with E-state index in [1.54, 1.807) is 0 Å². The highest BCUT2D eigenvalue weighted by Crippen LogP contribution is 2.31. The number of nitrogens with zero attached hydrogens (tertiary/aromatic N) is 3. The third kappa shape index (κ3) is 4.56.